The first kappa shape index (κ1) is 31.5. The van der Waals surface area contributed by atoms with E-state index in [2.05, 4.69) is 22.3 Å². The Labute approximate surface area is 277 Å². The minimum absolute atomic E-state index is 0.0284. The minimum atomic E-state index is -0.428. The van der Waals surface area contributed by atoms with Crippen molar-refractivity contribution < 1.29 is 18.8 Å². The molecule has 5 heterocycles. The molecule has 1 N–H and O–H groups in total. The Morgan fingerprint density at radius 1 is 0.809 bits per heavy atom. The second-order valence-corrected chi connectivity index (χ2v) is 13.8. The number of hydrogen-bond donors (Lipinski definition) is 1. The van der Waals surface area contributed by atoms with Crippen LogP contribution in [0.5, 0.6) is 0 Å². The molecule has 0 aliphatic carbocycles. The fourth-order valence-electron chi connectivity index (χ4n) is 8.10. The van der Waals surface area contributed by atoms with E-state index in [1.165, 1.54) is 32.4 Å². The molecule has 3 saturated heterocycles. The van der Waals surface area contributed by atoms with Crippen molar-refractivity contribution in [3.05, 3.63) is 78.1 Å². The Bertz CT molecular complexity index is 1530. The molecule has 4 aliphatic rings. The van der Waals surface area contributed by atoms with Crippen LogP contribution in [0.15, 0.2) is 71.3 Å². The van der Waals surface area contributed by atoms with Crippen molar-refractivity contribution >= 4 is 23.5 Å². The third kappa shape index (κ3) is 7.25. The summed E-state index contributed by atoms with van der Waals surface area (Å²) < 4.78 is 5.63. The molecule has 3 aromatic rings. The van der Waals surface area contributed by atoms with Crippen LogP contribution in [0.25, 0.3) is 11.3 Å². The van der Waals surface area contributed by atoms with E-state index < -0.39 is 5.92 Å². The van der Waals surface area contributed by atoms with E-state index in [0.29, 0.717) is 32.1 Å². The SMILES string of the molecule is O=C(CC(Cc1cccc(-c2ccco2)c1)C(=O)N1CCC(N2CCCCC2)CC1)N1CCC(N2Cc3ccccc3NC2=O)CC1. The highest BCUT2D eigenvalue weighted by molar-refractivity contribution is 5.92. The summed E-state index contributed by atoms with van der Waals surface area (Å²) in [5, 5.41) is 3.02. The highest BCUT2D eigenvalue weighted by Crippen LogP contribution is 2.30. The summed E-state index contributed by atoms with van der Waals surface area (Å²) in [6, 6.07) is 20.5. The lowest BCUT2D eigenvalue weighted by atomic mass is 9.91. The lowest BCUT2D eigenvalue weighted by Gasteiger charge is -2.41. The average molecular weight is 638 g/mol. The van der Waals surface area contributed by atoms with Crippen molar-refractivity contribution in [2.75, 3.05) is 44.6 Å². The van der Waals surface area contributed by atoms with Crippen molar-refractivity contribution in [3.8, 4) is 11.3 Å². The van der Waals surface area contributed by atoms with Crippen molar-refractivity contribution in [1.29, 1.82) is 0 Å². The predicted octanol–water partition coefficient (Wildman–Crippen LogP) is 6.01. The maximum atomic E-state index is 14.2. The third-order valence-corrected chi connectivity index (χ3v) is 10.8. The second kappa shape index (κ2) is 14.3. The van der Waals surface area contributed by atoms with E-state index in [1.807, 2.05) is 63.2 Å². The van der Waals surface area contributed by atoms with Gasteiger partial charge in [-0.15, -0.1) is 0 Å². The van der Waals surface area contributed by atoms with Gasteiger partial charge in [-0.1, -0.05) is 42.8 Å². The van der Waals surface area contributed by atoms with Crippen LogP contribution < -0.4 is 5.32 Å². The van der Waals surface area contributed by atoms with Gasteiger partial charge in [0.2, 0.25) is 11.8 Å². The molecule has 7 rings (SSSR count). The number of para-hydroxylation sites is 1. The van der Waals surface area contributed by atoms with Crippen LogP contribution in [0.3, 0.4) is 0 Å². The molecule has 0 spiro atoms. The van der Waals surface area contributed by atoms with Crippen molar-refractivity contribution in [2.24, 2.45) is 5.92 Å². The van der Waals surface area contributed by atoms with Crippen LogP contribution in [0, 0.1) is 5.92 Å². The first-order valence-corrected chi connectivity index (χ1v) is 17.6. The third-order valence-electron chi connectivity index (χ3n) is 10.8. The van der Waals surface area contributed by atoms with Crippen molar-refractivity contribution in [1.82, 2.24) is 19.6 Å². The Morgan fingerprint density at radius 3 is 2.32 bits per heavy atom. The Balaban J connectivity index is 1.01. The number of anilines is 1. The van der Waals surface area contributed by atoms with Gasteiger partial charge in [0.15, 0.2) is 0 Å². The highest BCUT2D eigenvalue weighted by Gasteiger charge is 2.36. The van der Waals surface area contributed by atoms with Crippen LogP contribution in [-0.2, 0) is 22.6 Å². The van der Waals surface area contributed by atoms with Gasteiger partial charge < -0.3 is 29.3 Å². The second-order valence-electron chi connectivity index (χ2n) is 13.8. The van der Waals surface area contributed by atoms with E-state index in [4.69, 9.17) is 4.42 Å². The Hall–Kier alpha value is -4.11. The van der Waals surface area contributed by atoms with Crippen LogP contribution >= 0.6 is 0 Å². The molecule has 1 unspecified atom stereocenters. The number of rotatable bonds is 8. The fourth-order valence-corrected chi connectivity index (χ4v) is 8.10. The lowest BCUT2D eigenvalue weighted by molar-refractivity contribution is -0.143. The van der Waals surface area contributed by atoms with Crippen molar-refractivity contribution in [2.45, 2.75) is 76.4 Å². The lowest BCUT2D eigenvalue weighted by Crippen LogP contribution is -2.52. The normalized spacial score (nSPS) is 20.5. The monoisotopic (exact) mass is 637 g/mol. The molecule has 47 heavy (non-hydrogen) atoms. The van der Waals surface area contributed by atoms with E-state index in [1.54, 1.807) is 6.26 Å². The van der Waals surface area contributed by atoms with Crippen LogP contribution in [0.1, 0.15) is 62.5 Å². The van der Waals surface area contributed by atoms with Crippen LogP contribution in [0.2, 0.25) is 0 Å². The van der Waals surface area contributed by atoms with Gasteiger partial charge in [0.1, 0.15) is 5.76 Å². The summed E-state index contributed by atoms with van der Waals surface area (Å²) >= 11 is 0. The molecule has 1 aromatic heterocycles. The molecule has 4 aliphatic heterocycles. The molecule has 0 saturated carbocycles. The summed E-state index contributed by atoms with van der Waals surface area (Å²) in [6.07, 6.45) is 9.71. The fraction of sp³-hybridized carbons (Fsp3) is 0.500. The van der Waals surface area contributed by atoms with Gasteiger partial charge in [-0.05, 0) is 93.4 Å². The van der Waals surface area contributed by atoms with Gasteiger partial charge in [0, 0.05) is 62.5 Å². The number of urea groups is 1. The number of likely N-dealkylation sites (tertiary alicyclic amines) is 3. The molecular formula is C38H47N5O4. The van der Waals surface area contributed by atoms with Gasteiger partial charge in [-0.25, -0.2) is 4.79 Å². The van der Waals surface area contributed by atoms with Gasteiger partial charge in [-0.3, -0.25) is 9.59 Å². The van der Waals surface area contributed by atoms with Gasteiger partial charge >= 0.3 is 6.03 Å². The molecule has 0 bridgehead atoms. The number of benzene rings is 2. The number of amides is 4. The zero-order chi connectivity index (χ0) is 32.2. The molecule has 4 amide bonds. The minimum Gasteiger partial charge on any atom is -0.464 e. The van der Waals surface area contributed by atoms with Crippen LogP contribution in [-0.4, -0.2) is 88.8 Å². The zero-order valence-electron chi connectivity index (χ0n) is 27.3. The van der Waals surface area contributed by atoms with E-state index in [-0.39, 0.29) is 30.3 Å². The number of hydrogen-bond acceptors (Lipinski definition) is 5. The highest BCUT2D eigenvalue weighted by atomic mass is 16.3. The molecule has 0 radical (unpaired) electrons. The van der Waals surface area contributed by atoms with E-state index in [0.717, 1.165) is 66.9 Å². The number of carbonyl (C=O) groups is 3. The standard InChI is InChI=1S/C38H47N5O4/c44-36(41-19-15-33(16-20-41)43-27-30-9-2-3-11-34(30)39-38(43)46)26-31(25-28-8-6-10-29(24-28)35-12-7-23-47-35)37(45)42-21-13-32(14-22-42)40-17-4-1-5-18-40/h2-3,6-12,23-24,31-33H,1,4-5,13-22,25-27H2,(H,39,46). The molecule has 3 fully saturated rings. The topological polar surface area (TPSA) is 89.3 Å². The zero-order valence-corrected chi connectivity index (χ0v) is 27.3. The number of furan rings is 1. The number of piperidine rings is 3. The van der Waals surface area contributed by atoms with Gasteiger partial charge in [-0.2, -0.15) is 0 Å². The smallest absolute Gasteiger partial charge is 0.322 e. The van der Waals surface area contributed by atoms with Crippen LogP contribution in [0.4, 0.5) is 10.5 Å². The van der Waals surface area contributed by atoms with E-state index in [9.17, 15) is 14.4 Å². The number of fused-ring (bicyclic) bond motifs is 1. The number of carbonyl (C=O) groups excluding carboxylic acids is 3. The summed E-state index contributed by atoms with van der Waals surface area (Å²) in [5.74, 6) is 0.486. The molecule has 9 heteroatoms. The molecular weight excluding hydrogens is 590 g/mol. The number of nitrogens with one attached hydrogen (secondary N) is 1. The summed E-state index contributed by atoms with van der Waals surface area (Å²) in [6.45, 7) is 5.62. The first-order chi connectivity index (χ1) is 23.0. The molecule has 2 aromatic carbocycles. The molecule has 9 nitrogen and oxygen atoms in total. The van der Waals surface area contributed by atoms with Gasteiger partial charge in [0.05, 0.1) is 12.2 Å². The summed E-state index contributed by atoms with van der Waals surface area (Å²) in [7, 11) is 0. The Morgan fingerprint density at radius 2 is 1.55 bits per heavy atom. The average Bonchev–Trinajstić information content (AvgIpc) is 3.67. The Kier molecular flexibility index (Phi) is 9.61. The molecule has 248 valence electrons. The van der Waals surface area contributed by atoms with Crippen molar-refractivity contribution in [3.63, 3.8) is 0 Å². The molecule has 1 atom stereocenters. The number of nitrogens with zero attached hydrogens (tertiary/aromatic N) is 4. The maximum Gasteiger partial charge on any atom is 0.322 e. The predicted molar refractivity (Wildman–Crippen MR) is 182 cm³/mol. The largest absolute Gasteiger partial charge is 0.464 e. The first-order valence-electron chi connectivity index (χ1n) is 17.6. The van der Waals surface area contributed by atoms with E-state index >= 15 is 0 Å². The van der Waals surface area contributed by atoms with Gasteiger partial charge in [0.25, 0.3) is 0 Å². The maximum absolute atomic E-state index is 14.2. The summed E-state index contributed by atoms with van der Waals surface area (Å²) in [4.78, 5) is 49.4. The summed E-state index contributed by atoms with van der Waals surface area (Å²) in [5.41, 5.74) is 3.99. The quantitative estimate of drug-likeness (QED) is 0.327.